The van der Waals surface area contributed by atoms with Gasteiger partial charge in [0.05, 0.1) is 5.69 Å². The Morgan fingerprint density at radius 1 is 1.24 bits per heavy atom. The fourth-order valence-electron chi connectivity index (χ4n) is 2.58. The van der Waals surface area contributed by atoms with Crippen LogP contribution in [0.15, 0.2) is 39.3 Å². The lowest BCUT2D eigenvalue weighted by Gasteiger charge is -2.12. The highest BCUT2D eigenvalue weighted by molar-refractivity contribution is 5.56. The Labute approximate surface area is 147 Å². The lowest BCUT2D eigenvalue weighted by Crippen LogP contribution is -2.22. The molecule has 0 saturated carbocycles. The fourth-order valence-corrected chi connectivity index (χ4v) is 2.58. The van der Waals surface area contributed by atoms with E-state index in [2.05, 4.69) is 17.2 Å². The number of hydrogen-bond acceptors (Lipinski definition) is 5. The summed E-state index contributed by atoms with van der Waals surface area (Å²) in [6.07, 6.45) is 2.67. The van der Waals surface area contributed by atoms with E-state index in [0.29, 0.717) is 17.8 Å². The van der Waals surface area contributed by atoms with E-state index < -0.39 is 5.56 Å². The van der Waals surface area contributed by atoms with Gasteiger partial charge in [-0.25, -0.2) is 0 Å². The Hall–Kier alpha value is -2.94. The lowest BCUT2D eigenvalue weighted by atomic mass is 10.1. The second kappa shape index (κ2) is 8.25. The summed E-state index contributed by atoms with van der Waals surface area (Å²) < 4.78 is 1.21. The zero-order valence-electron chi connectivity index (χ0n) is 14.8. The molecule has 0 radical (unpaired) electrons. The van der Waals surface area contributed by atoms with Crippen molar-refractivity contribution < 1.29 is 5.11 Å². The number of azo groups is 1. The average Bonchev–Trinajstić information content (AvgIpc) is 2.58. The minimum absolute atomic E-state index is 0.0642. The van der Waals surface area contributed by atoms with Gasteiger partial charge in [-0.05, 0) is 38.0 Å². The molecule has 0 amide bonds. The molecule has 0 aliphatic carbocycles. The number of aryl methyl sites for hydroxylation is 1. The van der Waals surface area contributed by atoms with E-state index in [1.165, 1.54) is 4.57 Å². The van der Waals surface area contributed by atoms with Crippen LogP contribution in [0.4, 0.5) is 11.4 Å². The van der Waals surface area contributed by atoms with Crippen molar-refractivity contribution in [1.82, 2.24) is 4.57 Å². The number of aromatic hydroxyl groups is 1. The van der Waals surface area contributed by atoms with Crippen LogP contribution in [-0.4, -0.2) is 9.67 Å². The van der Waals surface area contributed by atoms with Crippen LogP contribution in [0.3, 0.4) is 0 Å². The van der Waals surface area contributed by atoms with Gasteiger partial charge in [-0.2, -0.15) is 10.4 Å². The zero-order chi connectivity index (χ0) is 18.4. The molecule has 2 rings (SSSR count). The van der Waals surface area contributed by atoms with E-state index in [1.54, 1.807) is 13.0 Å². The maximum atomic E-state index is 12.7. The first-order valence-electron chi connectivity index (χ1n) is 8.34. The predicted octanol–water partition coefficient (Wildman–Crippen LogP) is 4.65. The van der Waals surface area contributed by atoms with Crippen LogP contribution in [0.1, 0.15) is 42.9 Å². The molecule has 0 fully saturated rings. The molecule has 1 heterocycles. The summed E-state index contributed by atoms with van der Waals surface area (Å²) in [7, 11) is 0. The molecule has 1 N–H and O–H groups in total. The molecule has 6 nitrogen and oxygen atoms in total. The third kappa shape index (κ3) is 4.13. The van der Waals surface area contributed by atoms with Crippen LogP contribution >= 0.6 is 0 Å². The molecule has 2 aromatic rings. The largest absolute Gasteiger partial charge is 0.493 e. The molecule has 0 saturated heterocycles. The highest BCUT2D eigenvalue weighted by Crippen LogP contribution is 2.27. The summed E-state index contributed by atoms with van der Waals surface area (Å²) >= 11 is 0. The Bertz CT molecular complexity index is 892. The number of pyridine rings is 1. The lowest BCUT2D eigenvalue weighted by molar-refractivity contribution is 0.398. The standard InChI is InChI=1S/C19H22N4O2/c1-4-5-6-10-23-18(24)16(12-20)14(3)17(19(23)25)22-21-15-9-7-8-13(2)11-15/h7-9,11,24H,4-6,10H2,1-3H3. The highest BCUT2D eigenvalue weighted by atomic mass is 16.3. The van der Waals surface area contributed by atoms with Crippen molar-refractivity contribution in [2.24, 2.45) is 10.2 Å². The third-order valence-electron chi connectivity index (χ3n) is 4.02. The molecular formula is C19H22N4O2. The summed E-state index contributed by atoms with van der Waals surface area (Å²) in [6, 6.07) is 9.40. The second-order valence-electron chi connectivity index (χ2n) is 5.99. The molecule has 0 aliphatic rings. The number of nitriles is 1. The molecule has 0 aliphatic heterocycles. The van der Waals surface area contributed by atoms with Gasteiger partial charge in [-0.15, -0.1) is 5.11 Å². The molecular weight excluding hydrogens is 316 g/mol. The highest BCUT2D eigenvalue weighted by Gasteiger charge is 2.18. The van der Waals surface area contributed by atoms with Crippen LogP contribution in [0.25, 0.3) is 0 Å². The van der Waals surface area contributed by atoms with E-state index in [4.69, 9.17) is 0 Å². The molecule has 0 bridgehead atoms. The summed E-state index contributed by atoms with van der Waals surface area (Å²) in [4.78, 5) is 12.7. The van der Waals surface area contributed by atoms with Crippen LogP contribution in [0.2, 0.25) is 0 Å². The molecule has 25 heavy (non-hydrogen) atoms. The van der Waals surface area contributed by atoms with Crippen LogP contribution in [0, 0.1) is 25.2 Å². The van der Waals surface area contributed by atoms with E-state index in [0.717, 1.165) is 24.8 Å². The molecule has 130 valence electrons. The van der Waals surface area contributed by atoms with Gasteiger partial charge < -0.3 is 5.11 Å². The van der Waals surface area contributed by atoms with E-state index in [9.17, 15) is 15.2 Å². The number of hydrogen-bond donors (Lipinski definition) is 1. The first kappa shape index (κ1) is 18.4. The normalized spacial score (nSPS) is 11.0. The summed E-state index contributed by atoms with van der Waals surface area (Å²) in [5.74, 6) is -0.296. The van der Waals surface area contributed by atoms with Crippen molar-refractivity contribution in [3.05, 3.63) is 51.3 Å². The van der Waals surface area contributed by atoms with Crippen molar-refractivity contribution in [2.45, 2.75) is 46.6 Å². The summed E-state index contributed by atoms with van der Waals surface area (Å²) in [5.41, 5.74) is 1.73. The van der Waals surface area contributed by atoms with Crippen molar-refractivity contribution in [1.29, 1.82) is 5.26 Å². The molecule has 1 aromatic heterocycles. The maximum absolute atomic E-state index is 12.7. The quantitative estimate of drug-likeness (QED) is 0.614. The first-order valence-corrected chi connectivity index (χ1v) is 8.34. The van der Waals surface area contributed by atoms with Crippen molar-refractivity contribution in [2.75, 3.05) is 0 Å². The first-order chi connectivity index (χ1) is 12.0. The Kier molecular flexibility index (Phi) is 6.07. The SMILES string of the molecule is CCCCCn1c(O)c(C#N)c(C)c(N=Nc2cccc(C)c2)c1=O. The van der Waals surface area contributed by atoms with E-state index >= 15 is 0 Å². The van der Waals surface area contributed by atoms with Gasteiger partial charge in [0, 0.05) is 12.1 Å². The minimum Gasteiger partial charge on any atom is -0.493 e. The van der Waals surface area contributed by atoms with E-state index in [1.807, 2.05) is 31.2 Å². The molecule has 0 unspecified atom stereocenters. The van der Waals surface area contributed by atoms with Gasteiger partial charge in [0.2, 0.25) is 5.88 Å². The van der Waals surface area contributed by atoms with E-state index in [-0.39, 0.29) is 17.1 Å². The Balaban J connectivity index is 2.51. The van der Waals surface area contributed by atoms with Gasteiger partial charge in [-0.1, -0.05) is 31.9 Å². The van der Waals surface area contributed by atoms with Crippen molar-refractivity contribution in [3.8, 4) is 11.9 Å². The molecule has 6 heteroatoms. The van der Waals surface area contributed by atoms with Crippen LogP contribution in [0.5, 0.6) is 5.88 Å². The number of benzene rings is 1. The van der Waals surface area contributed by atoms with Gasteiger partial charge in [0.15, 0.2) is 5.69 Å². The average molecular weight is 338 g/mol. The topological polar surface area (TPSA) is 90.7 Å². The van der Waals surface area contributed by atoms with Gasteiger partial charge >= 0.3 is 0 Å². The zero-order valence-corrected chi connectivity index (χ0v) is 14.8. The van der Waals surface area contributed by atoms with Crippen molar-refractivity contribution in [3.63, 3.8) is 0 Å². The van der Waals surface area contributed by atoms with Gasteiger partial charge in [0.25, 0.3) is 5.56 Å². The molecule has 1 aromatic carbocycles. The summed E-state index contributed by atoms with van der Waals surface area (Å²) in [5, 5.41) is 27.8. The number of aromatic nitrogens is 1. The molecule has 0 atom stereocenters. The fraction of sp³-hybridized carbons (Fsp3) is 0.368. The van der Waals surface area contributed by atoms with Crippen molar-refractivity contribution >= 4 is 11.4 Å². The smallest absolute Gasteiger partial charge is 0.281 e. The Morgan fingerprint density at radius 3 is 2.64 bits per heavy atom. The number of rotatable bonds is 6. The maximum Gasteiger partial charge on any atom is 0.281 e. The van der Waals surface area contributed by atoms with Crippen LogP contribution in [-0.2, 0) is 6.54 Å². The number of nitrogens with zero attached hydrogens (tertiary/aromatic N) is 4. The summed E-state index contributed by atoms with van der Waals surface area (Å²) in [6.45, 7) is 5.94. The van der Waals surface area contributed by atoms with Gasteiger partial charge in [0.1, 0.15) is 11.6 Å². The monoisotopic (exact) mass is 338 g/mol. The third-order valence-corrected chi connectivity index (χ3v) is 4.02. The second-order valence-corrected chi connectivity index (χ2v) is 5.99. The van der Waals surface area contributed by atoms with Crippen LogP contribution < -0.4 is 5.56 Å². The number of unbranched alkanes of at least 4 members (excludes halogenated alkanes) is 2. The predicted molar refractivity (Wildman–Crippen MR) is 96.7 cm³/mol. The van der Waals surface area contributed by atoms with Gasteiger partial charge in [-0.3, -0.25) is 9.36 Å². The Morgan fingerprint density at radius 2 is 2.00 bits per heavy atom. The minimum atomic E-state index is -0.429. The molecule has 0 spiro atoms.